The summed E-state index contributed by atoms with van der Waals surface area (Å²) in [6.45, 7) is 16.5. The number of furan rings is 1. The first-order valence-corrected chi connectivity index (χ1v) is 22.2. The zero-order chi connectivity index (χ0) is 41.7. The van der Waals surface area contributed by atoms with Crippen LogP contribution in [0.2, 0.25) is 0 Å². The van der Waals surface area contributed by atoms with Crippen molar-refractivity contribution in [2.45, 2.75) is 65.7 Å². The number of benzene rings is 6. The average Bonchev–Trinajstić information content (AvgIpc) is 4.01. The van der Waals surface area contributed by atoms with Crippen LogP contribution in [0.25, 0.3) is 58.8 Å². The largest absolute Gasteiger partial charge is 0.457 e. The molecule has 0 radical (unpaired) electrons. The molecule has 61 heavy (non-hydrogen) atoms. The van der Waals surface area contributed by atoms with E-state index in [-0.39, 0.29) is 5.41 Å². The molecule has 0 atom stereocenters. The fourth-order valence-electron chi connectivity index (χ4n) is 9.40. The molecule has 0 saturated carbocycles. The number of anilines is 4. The Morgan fingerprint density at radius 1 is 0.639 bits per heavy atom. The van der Waals surface area contributed by atoms with Crippen LogP contribution in [0.5, 0.6) is 11.5 Å². The summed E-state index contributed by atoms with van der Waals surface area (Å²) < 4.78 is 18.5. The van der Waals surface area contributed by atoms with Gasteiger partial charge in [0.1, 0.15) is 35.3 Å². The summed E-state index contributed by atoms with van der Waals surface area (Å²) in [6.07, 6.45) is 1.95. The van der Waals surface area contributed by atoms with E-state index in [0.29, 0.717) is 18.5 Å². The standard InChI is InChI=1S/C54H48N4O2S/c1-32(2)38-18-13-19-39(33(3)4)50(38)57-31-56(52-42-16-8-10-20-45(42)60-53(52)57)35-14-12-15-36(29-35)59-37-22-23-40-41-24-25-47-49(43-17-9-11-21-46(43)61-47)51(41)58(44(40)30-37)48-28-34(26-27-55-48)54(5,6)7/h8-30,32-33H,31H2,1-7H3. The lowest BCUT2D eigenvalue weighted by atomic mass is 9.88. The van der Waals surface area contributed by atoms with Crippen LogP contribution >= 0.6 is 11.3 Å². The van der Waals surface area contributed by atoms with Crippen LogP contribution in [0.1, 0.15) is 77.0 Å². The van der Waals surface area contributed by atoms with Crippen molar-refractivity contribution in [1.82, 2.24) is 9.55 Å². The van der Waals surface area contributed by atoms with Crippen molar-refractivity contribution in [3.05, 3.63) is 156 Å². The number of hydrogen-bond donors (Lipinski definition) is 0. The zero-order valence-corrected chi connectivity index (χ0v) is 36.5. The number of pyridine rings is 1. The summed E-state index contributed by atoms with van der Waals surface area (Å²) in [5.41, 5.74) is 10.3. The Hall–Kier alpha value is -6.57. The van der Waals surface area contributed by atoms with Crippen LogP contribution in [0.4, 0.5) is 22.9 Å². The number of thiophene rings is 1. The minimum atomic E-state index is -0.0372. The first-order chi connectivity index (χ1) is 29.5. The van der Waals surface area contributed by atoms with Crippen molar-refractivity contribution < 1.29 is 9.15 Å². The van der Waals surface area contributed by atoms with E-state index in [0.717, 1.165) is 56.4 Å². The van der Waals surface area contributed by atoms with Gasteiger partial charge in [0, 0.05) is 60.3 Å². The van der Waals surface area contributed by atoms with Gasteiger partial charge < -0.3 is 14.1 Å². The van der Waals surface area contributed by atoms with Crippen molar-refractivity contribution >= 4 is 87.2 Å². The van der Waals surface area contributed by atoms with Gasteiger partial charge in [-0.1, -0.05) is 109 Å². The summed E-state index contributed by atoms with van der Waals surface area (Å²) in [5.74, 6) is 3.98. The molecule has 1 aliphatic heterocycles. The maximum atomic E-state index is 6.87. The van der Waals surface area contributed by atoms with Crippen molar-refractivity contribution in [3.8, 4) is 17.3 Å². The van der Waals surface area contributed by atoms with Gasteiger partial charge in [0.05, 0.1) is 16.7 Å². The number of fused-ring (bicyclic) bond motifs is 10. The molecular formula is C54H48N4O2S. The first kappa shape index (κ1) is 37.4. The first-order valence-electron chi connectivity index (χ1n) is 21.4. The van der Waals surface area contributed by atoms with Crippen LogP contribution in [0, 0.1) is 0 Å². The highest BCUT2D eigenvalue weighted by Gasteiger charge is 2.37. The molecule has 1 aliphatic rings. The molecule has 0 bridgehead atoms. The molecule has 0 saturated heterocycles. The van der Waals surface area contributed by atoms with Gasteiger partial charge in [-0.05, 0) is 94.6 Å². The van der Waals surface area contributed by atoms with E-state index in [9.17, 15) is 0 Å². The van der Waals surface area contributed by atoms with E-state index < -0.39 is 0 Å². The molecule has 0 N–H and O–H groups in total. The van der Waals surface area contributed by atoms with Crippen molar-refractivity contribution in [3.63, 3.8) is 0 Å². The molecular weight excluding hydrogens is 769 g/mol. The Morgan fingerprint density at radius 3 is 2.15 bits per heavy atom. The fraction of sp³-hybridized carbons (Fsp3) is 0.204. The Kier molecular flexibility index (Phi) is 8.59. The molecule has 6 aromatic carbocycles. The topological polar surface area (TPSA) is 46.7 Å². The Balaban J connectivity index is 1.04. The molecule has 11 rings (SSSR count). The third-order valence-corrected chi connectivity index (χ3v) is 13.5. The normalized spacial score (nSPS) is 13.3. The lowest BCUT2D eigenvalue weighted by Crippen LogP contribution is -2.26. The van der Waals surface area contributed by atoms with E-state index in [2.05, 4.69) is 184 Å². The van der Waals surface area contributed by atoms with Crippen molar-refractivity contribution in [2.24, 2.45) is 0 Å². The number of ether oxygens (including phenoxy) is 1. The summed E-state index contributed by atoms with van der Waals surface area (Å²) in [4.78, 5) is 9.80. The maximum absolute atomic E-state index is 6.87. The smallest absolute Gasteiger partial charge is 0.226 e. The number of para-hydroxylation sites is 2. The predicted octanol–water partition coefficient (Wildman–Crippen LogP) is 15.9. The summed E-state index contributed by atoms with van der Waals surface area (Å²) in [7, 11) is 0. The summed E-state index contributed by atoms with van der Waals surface area (Å²) in [5, 5.41) is 5.97. The van der Waals surface area contributed by atoms with Gasteiger partial charge in [0.15, 0.2) is 0 Å². The van der Waals surface area contributed by atoms with Gasteiger partial charge in [-0.15, -0.1) is 11.3 Å². The fourth-order valence-corrected chi connectivity index (χ4v) is 10.5. The van der Waals surface area contributed by atoms with E-state index in [1.54, 1.807) is 0 Å². The van der Waals surface area contributed by atoms with E-state index in [1.165, 1.54) is 53.5 Å². The number of aromatic nitrogens is 2. The number of hydrogen-bond acceptors (Lipinski definition) is 6. The Bertz CT molecular complexity index is 3320. The third kappa shape index (κ3) is 6.00. The van der Waals surface area contributed by atoms with Gasteiger partial charge in [0.2, 0.25) is 5.88 Å². The predicted molar refractivity (Wildman–Crippen MR) is 257 cm³/mol. The number of nitrogens with zero attached hydrogens (tertiary/aromatic N) is 4. The van der Waals surface area contributed by atoms with E-state index in [4.69, 9.17) is 14.1 Å². The Morgan fingerprint density at radius 2 is 1.36 bits per heavy atom. The molecule has 0 spiro atoms. The molecule has 10 aromatic rings. The highest BCUT2D eigenvalue weighted by Crippen LogP contribution is 2.53. The van der Waals surface area contributed by atoms with Gasteiger partial charge in [0.25, 0.3) is 0 Å². The van der Waals surface area contributed by atoms with Gasteiger partial charge in [-0.25, -0.2) is 4.98 Å². The Labute approximate surface area is 360 Å². The second-order valence-corrected chi connectivity index (χ2v) is 19.1. The zero-order valence-electron chi connectivity index (χ0n) is 35.7. The SMILES string of the molecule is CC(C)c1cccc(C(C)C)c1N1CN(c2cccc(Oc3ccc4c5ccc6sc7ccccc7c6c5n(-c5cc(C(C)(C)C)ccn5)c4c3)c2)c2c1oc1ccccc21. The van der Waals surface area contributed by atoms with Crippen LogP contribution in [-0.2, 0) is 5.41 Å². The van der Waals surface area contributed by atoms with Crippen LogP contribution < -0.4 is 14.5 Å². The number of rotatable bonds is 7. The summed E-state index contributed by atoms with van der Waals surface area (Å²) >= 11 is 1.84. The summed E-state index contributed by atoms with van der Waals surface area (Å²) in [6, 6.07) is 47.7. The van der Waals surface area contributed by atoms with Crippen molar-refractivity contribution in [2.75, 3.05) is 16.5 Å². The highest BCUT2D eigenvalue weighted by atomic mass is 32.1. The van der Waals surface area contributed by atoms with Gasteiger partial charge >= 0.3 is 0 Å². The lowest BCUT2D eigenvalue weighted by Gasteiger charge is -2.28. The highest BCUT2D eigenvalue weighted by molar-refractivity contribution is 7.26. The molecule has 6 nitrogen and oxygen atoms in total. The molecule has 0 aliphatic carbocycles. The quantitative estimate of drug-likeness (QED) is 0.160. The second-order valence-electron chi connectivity index (χ2n) is 18.0. The average molecular weight is 817 g/mol. The molecule has 4 aromatic heterocycles. The van der Waals surface area contributed by atoms with Crippen LogP contribution in [0.3, 0.4) is 0 Å². The third-order valence-electron chi connectivity index (χ3n) is 12.4. The monoisotopic (exact) mass is 816 g/mol. The molecule has 7 heteroatoms. The minimum Gasteiger partial charge on any atom is -0.457 e. The molecule has 0 unspecified atom stereocenters. The van der Waals surface area contributed by atoms with Crippen LogP contribution in [0.15, 0.2) is 144 Å². The molecule has 5 heterocycles. The van der Waals surface area contributed by atoms with Gasteiger partial charge in [-0.3, -0.25) is 9.47 Å². The maximum Gasteiger partial charge on any atom is 0.226 e. The van der Waals surface area contributed by atoms with Crippen molar-refractivity contribution in [1.29, 1.82) is 0 Å². The second kappa shape index (κ2) is 14.0. The van der Waals surface area contributed by atoms with Crippen LogP contribution in [-0.4, -0.2) is 16.2 Å². The minimum absolute atomic E-state index is 0.0372. The van der Waals surface area contributed by atoms with E-state index in [1.807, 2.05) is 29.7 Å². The van der Waals surface area contributed by atoms with E-state index >= 15 is 0 Å². The molecule has 0 amide bonds. The molecule has 302 valence electrons. The molecule has 0 fully saturated rings. The van der Waals surface area contributed by atoms with Gasteiger partial charge in [-0.2, -0.15) is 0 Å². The lowest BCUT2D eigenvalue weighted by molar-refractivity contribution is 0.483.